The average Bonchev–Trinajstić information content (AvgIpc) is 2.75. The molecule has 0 amide bonds. The Labute approximate surface area is 119 Å². The van der Waals surface area contributed by atoms with Gasteiger partial charge in [-0.25, -0.2) is 0 Å². The van der Waals surface area contributed by atoms with Crippen molar-refractivity contribution >= 4 is 0 Å². The molecule has 1 aromatic carbocycles. The lowest BCUT2D eigenvalue weighted by atomic mass is 9.90. The van der Waals surface area contributed by atoms with E-state index in [1.54, 1.807) is 7.11 Å². The van der Waals surface area contributed by atoms with Crippen LogP contribution in [0.1, 0.15) is 34.1 Å². The SMILES string of the molecule is COc1ccc(C)cc1C(CN)Cc1c(C)noc1C. The van der Waals surface area contributed by atoms with Crippen molar-refractivity contribution in [3.8, 4) is 5.75 Å². The summed E-state index contributed by atoms with van der Waals surface area (Å²) in [7, 11) is 1.69. The molecule has 0 spiro atoms. The van der Waals surface area contributed by atoms with Gasteiger partial charge in [0.05, 0.1) is 12.8 Å². The zero-order valence-electron chi connectivity index (χ0n) is 12.6. The first-order valence-corrected chi connectivity index (χ1v) is 6.83. The van der Waals surface area contributed by atoms with Crippen LogP contribution in [0, 0.1) is 20.8 Å². The van der Waals surface area contributed by atoms with E-state index < -0.39 is 0 Å². The Hall–Kier alpha value is -1.81. The van der Waals surface area contributed by atoms with Gasteiger partial charge in [0, 0.05) is 11.5 Å². The zero-order valence-corrected chi connectivity index (χ0v) is 12.6. The van der Waals surface area contributed by atoms with Crippen LogP contribution in [-0.2, 0) is 6.42 Å². The van der Waals surface area contributed by atoms with Gasteiger partial charge in [0.1, 0.15) is 11.5 Å². The van der Waals surface area contributed by atoms with E-state index in [1.165, 1.54) is 5.56 Å². The zero-order chi connectivity index (χ0) is 14.7. The van der Waals surface area contributed by atoms with Crippen molar-refractivity contribution in [2.24, 2.45) is 5.73 Å². The maximum Gasteiger partial charge on any atom is 0.137 e. The number of hydrogen-bond acceptors (Lipinski definition) is 4. The second kappa shape index (κ2) is 6.09. The first-order valence-electron chi connectivity index (χ1n) is 6.83. The molecule has 20 heavy (non-hydrogen) atoms. The van der Waals surface area contributed by atoms with Gasteiger partial charge >= 0.3 is 0 Å². The van der Waals surface area contributed by atoms with Gasteiger partial charge < -0.3 is 15.0 Å². The minimum Gasteiger partial charge on any atom is -0.496 e. The summed E-state index contributed by atoms with van der Waals surface area (Å²) < 4.78 is 10.7. The molecule has 1 unspecified atom stereocenters. The standard InChI is InChI=1S/C16H22N2O2/c1-10-5-6-16(19-4)15(7-10)13(9-17)8-14-11(2)18-20-12(14)3/h5-7,13H,8-9,17H2,1-4H3. The molecule has 0 fully saturated rings. The molecule has 0 saturated carbocycles. The Morgan fingerprint density at radius 1 is 1.30 bits per heavy atom. The summed E-state index contributed by atoms with van der Waals surface area (Å²) in [4.78, 5) is 0. The molecule has 0 saturated heterocycles. The van der Waals surface area contributed by atoms with Crippen molar-refractivity contribution in [2.45, 2.75) is 33.1 Å². The van der Waals surface area contributed by atoms with Crippen molar-refractivity contribution < 1.29 is 9.26 Å². The molecule has 0 bridgehead atoms. The fourth-order valence-electron chi connectivity index (χ4n) is 2.53. The second-order valence-corrected chi connectivity index (χ2v) is 5.18. The van der Waals surface area contributed by atoms with Gasteiger partial charge in [0.2, 0.25) is 0 Å². The third kappa shape index (κ3) is 2.85. The fourth-order valence-corrected chi connectivity index (χ4v) is 2.53. The van der Waals surface area contributed by atoms with E-state index in [1.807, 2.05) is 26.0 Å². The Morgan fingerprint density at radius 2 is 2.05 bits per heavy atom. The minimum absolute atomic E-state index is 0.196. The highest BCUT2D eigenvalue weighted by Crippen LogP contribution is 2.31. The third-order valence-corrected chi connectivity index (χ3v) is 3.74. The van der Waals surface area contributed by atoms with Gasteiger partial charge in [-0.05, 0) is 45.4 Å². The highest BCUT2D eigenvalue weighted by molar-refractivity contribution is 5.41. The Morgan fingerprint density at radius 3 is 2.60 bits per heavy atom. The van der Waals surface area contributed by atoms with Gasteiger partial charge in [-0.3, -0.25) is 0 Å². The summed E-state index contributed by atoms with van der Waals surface area (Å²) in [6.07, 6.45) is 0.817. The number of nitrogens with zero attached hydrogens (tertiary/aromatic N) is 1. The molecule has 108 valence electrons. The molecule has 2 rings (SSSR count). The van der Waals surface area contributed by atoms with Crippen molar-refractivity contribution in [1.29, 1.82) is 0 Å². The highest BCUT2D eigenvalue weighted by atomic mass is 16.5. The largest absolute Gasteiger partial charge is 0.496 e. The van der Waals surface area contributed by atoms with E-state index in [0.29, 0.717) is 6.54 Å². The lowest BCUT2D eigenvalue weighted by molar-refractivity contribution is 0.391. The molecule has 0 aliphatic rings. The van der Waals surface area contributed by atoms with E-state index in [4.69, 9.17) is 15.0 Å². The van der Waals surface area contributed by atoms with Crippen LogP contribution in [0.15, 0.2) is 22.7 Å². The monoisotopic (exact) mass is 274 g/mol. The summed E-state index contributed by atoms with van der Waals surface area (Å²) in [6, 6.07) is 6.20. The predicted octanol–water partition coefficient (Wildman–Crippen LogP) is 2.89. The molecule has 1 heterocycles. The van der Waals surface area contributed by atoms with Gasteiger partial charge in [-0.15, -0.1) is 0 Å². The lowest BCUT2D eigenvalue weighted by Crippen LogP contribution is -2.16. The minimum atomic E-state index is 0.196. The van der Waals surface area contributed by atoms with Gasteiger partial charge in [0.15, 0.2) is 0 Å². The normalized spacial score (nSPS) is 12.4. The van der Waals surface area contributed by atoms with Crippen molar-refractivity contribution in [3.63, 3.8) is 0 Å². The molecule has 1 atom stereocenters. The van der Waals surface area contributed by atoms with Crippen LogP contribution in [0.5, 0.6) is 5.75 Å². The second-order valence-electron chi connectivity index (χ2n) is 5.18. The summed E-state index contributed by atoms with van der Waals surface area (Å²) in [6.45, 7) is 6.54. The smallest absolute Gasteiger partial charge is 0.137 e. The Kier molecular flexibility index (Phi) is 4.45. The number of hydrogen-bond donors (Lipinski definition) is 1. The molecule has 2 N–H and O–H groups in total. The molecule has 0 aliphatic carbocycles. The van der Waals surface area contributed by atoms with Crippen LogP contribution in [0.4, 0.5) is 0 Å². The summed E-state index contributed by atoms with van der Waals surface area (Å²) >= 11 is 0. The number of benzene rings is 1. The van der Waals surface area contributed by atoms with E-state index in [2.05, 4.69) is 18.1 Å². The third-order valence-electron chi connectivity index (χ3n) is 3.74. The maximum atomic E-state index is 5.99. The number of ether oxygens (including phenoxy) is 1. The fraction of sp³-hybridized carbons (Fsp3) is 0.438. The first-order chi connectivity index (χ1) is 9.56. The first kappa shape index (κ1) is 14.6. The molecule has 4 nitrogen and oxygen atoms in total. The molecular formula is C16H22N2O2. The number of nitrogens with two attached hydrogens (primary N) is 1. The Balaban J connectivity index is 2.35. The highest BCUT2D eigenvalue weighted by Gasteiger charge is 2.19. The molecule has 2 aromatic rings. The van der Waals surface area contributed by atoms with Crippen LogP contribution in [0.25, 0.3) is 0 Å². The number of aromatic nitrogens is 1. The van der Waals surface area contributed by atoms with Crippen LogP contribution in [-0.4, -0.2) is 18.8 Å². The van der Waals surface area contributed by atoms with Gasteiger partial charge in [-0.1, -0.05) is 22.9 Å². The summed E-state index contributed by atoms with van der Waals surface area (Å²) in [5, 5.41) is 4.01. The lowest BCUT2D eigenvalue weighted by Gasteiger charge is -2.19. The van der Waals surface area contributed by atoms with Crippen LogP contribution in [0.3, 0.4) is 0 Å². The van der Waals surface area contributed by atoms with Crippen LogP contribution >= 0.6 is 0 Å². The van der Waals surface area contributed by atoms with E-state index in [9.17, 15) is 0 Å². The van der Waals surface area contributed by atoms with E-state index >= 15 is 0 Å². The summed E-state index contributed by atoms with van der Waals surface area (Å²) in [5.74, 6) is 1.95. The van der Waals surface area contributed by atoms with Crippen LogP contribution in [0.2, 0.25) is 0 Å². The maximum absolute atomic E-state index is 5.99. The number of aryl methyl sites for hydroxylation is 3. The Bertz CT molecular complexity index is 571. The summed E-state index contributed by atoms with van der Waals surface area (Å²) in [5.41, 5.74) is 10.4. The van der Waals surface area contributed by atoms with Crippen LogP contribution < -0.4 is 10.5 Å². The van der Waals surface area contributed by atoms with Crippen molar-refractivity contribution in [2.75, 3.05) is 13.7 Å². The quantitative estimate of drug-likeness (QED) is 0.910. The predicted molar refractivity (Wildman–Crippen MR) is 79.2 cm³/mol. The molecular weight excluding hydrogens is 252 g/mol. The van der Waals surface area contributed by atoms with Crippen molar-refractivity contribution in [1.82, 2.24) is 5.16 Å². The van der Waals surface area contributed by atoms with Gasteiger partial charge in [-0.2, -0.15) is 0 Å². The molecule has 0 aliphatic heterocycles. The van der Waals surface area contributed by atoms with Crippen molar-refractivity contribution in [3.05, 3.63) is 46.3 Å². The molecule has 1 aromatic heterocycles. The topological polar surface area (TPSA) is 61.3 Å². The number of rotatable bonds is 5. The molecule has 0 radical (unpaired) electrons. The average molecular weight is 274 g/mol. The van der Waals surface area contributed by atoms with E-state index in [-0.39, 0.29) is 5.92 Å². The van der Waals surface area contributed by atoms with E-state index in [0.717, 1.165) is 34.8 Å². The van der Waals surface area contributed by atoms with Gasteiger partial charge in [0.25, 0.3) is 0 Å². The molecule has 4 heteroatoms. The number of methoxy groups -OCH3 is 1.